The van der Waals surface area contributed by atoms with Crippen molar-refractivity contribution in [1.82, 2.24) is 0 Å². The van der Waals surface area contributed by atoms with E-state index in [1.165, 1.54) is 5.20 Å². The third kappa shape index (κ3) is 4.99. The lowest BCUT2D eigenvalue weighted by Gasteiger charge is -2.16. The Hall–Kier alpha value is -1.37. The molecule has 2 heteroatoms. The molecule has 0 saturated heterocycles. The van der Waals surface area contributed by atoms with E-state index in [0.717, 1.165) is 12.1 Å². The quantitative estimate of drug-likeness (QED) is 0.411. The van der Waals surface area contributed by atoms with E-state index in [0.29, 0.717) is 0 Å². The number of rotatable bonds is 4. The zero-order valence-corrected chi connectivity index (χ0v) is 12.2. The molecule has 0 spiro atoms. The Labute approximate surface area is 106 Å². The number of benzene rings is 1. The largest absolute Gasteiger partial charge is 0.207 e. The first kappa shape index (κ1) is 13.7. The van der Waals surface area contributed by atoms with Gasteiger partial charge < -0.3 is 0 Å². The molecule has 0 aromatic heterocycles. The van der Waals surface area contributed by atoms with Gasteiger partial charge in [-0.2, -0.15) is 0 Å². The monoisotopic (exact) mass is 243 g/mol. The molecule has 0 saturated carbocycles. The normalized spacial score (nSPS) is 11.3. The number of para-hydroxylation sites is 1. The summed E-state index contributed by atoms with van der Waals surface area (Å²) in [6.07, 6.45) is 5.24. The highest BCUT2D eigenvalue weighted by molar-refractivity contribution is 6.84. The van der Waals surface area contributed by atoms with Crippen LogP contribution < -0.4 is 0 Å². The van der Waals surface area contributed by atoms with Gasteiger partial charge in [0, 0.05) is 0 Å². The Morgan fingerprint density at radius 1 is 1.24 bits per heavy atom. The lowest BCUT2D eigenvalue weighted by Crippen LogP contribution is -2.24. The molecule has 0 aliphatic carbocycles. The van der Waals surface area contributed by atoms with Gasteiger partial charge >= 0.3 is 0 Å². The Balaban J connectivity index is 3.01. The minimum Gasteiger partial charge on any atom is -0.207 e. The van der Waals surface area contributed by atoms with E-state index >= 15 is 0 Å². The maximum Gasteiger partial charge on any atom is 0.0848 e. The van der Waals surface area contributed by atoms with Crippen LogP contribution in [0.15, 0.2) is 52.7 Å². The first-order valence-corrected chi connectivity index (χ1v) is 9.53. The second-order valence-corrected chi connectivity index (χ2v) is 10.2. The molecule has 17 heavy (non-hydrogen) atoms. The summed E-state index contributed by atoms with van der Waals surface area (Å²) in [7, 11) is -1.32. The van der Waals surface area contributed by atoms with Crippen molar-refractivity contribution in [3.63, 3.8) is 0 Å². The lowest BCUT2D eigenvalue weighted by atomic mass is 10.3. The molecule has 0 aliphatic heterocycles. The van der Waals surface area contributed by atoms with Crippen LogP contribution in [0, 0.1) is 0 Å². The molecular weight excluding hydrogens is 222 g/mol. The van der Waals surface area contributed by atoms with Crippen LogP contribution in [-0.2, 0) is 0 Å². The van der Waals surface area contributed by atoms with Gasteiger partial charge in [0.1, 0.15) is 0 Å². The molecule has 1 aromatic carbocycles. The fraction of sp³-hybridized carbons (Fsp3) is 0.333. The maximum atomic E-state index is 4.44. The van der Waals surface area contributed by atoms with E-state index in [9.17, 15) is 0 Å². The van der Waals surface area contributed by atoms with Crippen LogP contribution in [0.4, 0.5) is 5.69 Å². The van der Waals surface area contributed by atoms with Crippen molar-refractivity contribution in [2.75, 3.05) is 0 Å². The number of hydrogen-bond acceptors (Lipinski definition) is 1. The molecule has 1 aromatic rings. The zero-order valence-electron chi connectivity index (χ0n) is 11.2. The number of nitrogens with zero attached hydrogens (tertiary/aromatic N) is 1. The van der Waals surface area contributed by atoms with Crippen LogP contribution in [-0.4, -0.2) is 13.9 Å². The Bertz CT molecular complexity index is 432. The van der Waals surface area contributed by atoms with Crippen LogP contribution >= 0.6 is 0 Å². The van der Waals surface area contributed by atoms with E-state index in [1.54, 1.807) is 0 Å². The highest BCUT2D eigenvalue weighted by Crippen LogP contribution is 2.17. The fourth-order valence-electron chi connectivity index (χ4n) is 1.39. The lowest BCUT2D eigenvalue weighted by molar-refractivity contribution is 1.32. The second-order valence-electron chi connectivity index (χ2n) is 5.06. The van der Waals surface area contributed by atoms with Gasteiger partial charge in [-0.3, -0.25) is 0 Å². The van der Waals surface area contributed by atoms with Crippen LogP contribution in [0.5, 0.6) is 0 Å². The van der Waals surface area contributed by atoms with Gasteiger partial charge in [-0.25, -0.2) is 4.99 Å². The van der Waals surface area contributed by atoms with Crippen molar-refractivity contribution in [2.45, 2.75) is 33.0 Å². The van der Waals surface area contributed by atoms with Crippen molar-refractivity contribution < 1.29 is 0 Å². The van der Waals surface area contributed by atoms with Crippen LogP contribution in [0.2, 0.25) is 19.6 Å². The summed E-state index contributed by atoms with van der Waals surface area (Å²) in [5.74, 6) is 3.26. The zero-order chi connectivity index (χ0) is 12.7. The summed E-state index contributed by atoms with van der Waals surface area (Å²) in [6, 6.07) is 10.0. The van der Waals surface area contributed by atoms with E-state index in [-0.39, 0.29) is 0 Å². The third-order valence-corrected chi connectivity index (χ3v) is 4.67. The van der Waals surface area contributed by atoms with Gasteiger partial charge in [0.25, 0.3) is 0 Å². The number of aliphatic imine (C=N–C) groups is 1. The standard InChI is InChI=1S/C15H21NSi/c1-5-6-12-15(17(2,3)4)13-16-14-10-8-7-9-11-14/h5-11H,12H2,1-4H3/b6-5+. The molecule has 1 rings (SSSR count). The first-order chi connectivity index (χ1) is 8.04. The van der Waals surface area contributed by atoms with Crippen molar-refractivity contribution in [3.05, 3.63) is 47.7 Å². The predicted molar refractivity (Wildman–Crippen MR) is 79.8 cm³/mol. The highest BCUT2D eigenvalue weighted by Gasteiger charge is 2.18. The smallest absolute Gasteiger partial charge is 0.0848 e. The average molecular weight is 243 g/mol. The molecule has 90 valence electrons. The summed E-state index contributed by atoms with van der Waals surface area (Å²) >= 11 is 0. The summed E-state index contributed by atoms with van der Waals surface area (Å²) in [4.78, 5) is 4.44. The highest BCUT2D eigenvalue weighted by atomic mass is 28.3. The summed E-state index contributed by atoms with van der Waals surface area (Å²) in [6.45, 7) is 9.05. The van der Waals surface area contributed by atoms with Gasteiger partial charge in [0.15, 0.2) is 0 Å². The summed E-state index contributed by atoms with van der Waals surface area (Å²) < 4.78 is 0. The molecule has 0 N–H and O–H groups in total. The molecule has 0 fully saturated rings. The first-order valence-electron chi connectivity index (χ1n) is 6.03. The Morgan fingerprint density at radius 2 is 1.88 bits per heavy atom. The topological polar surface area (TPSA) is 12.4 Å². The van der Waals surface area contributed by atoms with Crippen LogP contribution in [0.1, 0.15) is 13.3 Å². The van der Waals surface area contributed by atoms with Crippen LogP contribution in [0.3, 0.4) is 0 Å². The maximum absolute atomic E-state index is 4.44. The van der Waals surface area contributed by atoms with Gasteiger partial charge in [-0.05, 0) is 36.5 Å². The van der Waals surface area contributed by atoms with Crippen molar-refractivity contribution in [1.29, 1.82) is 0 Å². The number of allylic oxidation sites excluding steroid dienone is 3. The Morgan fingerprint density at radius 3 is 2.41 bits per heavy atom. The summed E-state index contributed by atoms with van der Waals surface area (Å²) in [5.41, 5.74) is 0.976. The molecule has 0 radical (unpaired) electrons. The predicted octanol–water partition coefficient (Wildman–Crippen LogP) is 4.76. The van der Waals surface area contributed by atoms with E-state index in [1.807, 2.05) is 30.3 Å². The molecule has 0 heterocycles. The summed E-state index contributed by atoms with van der Waals surface area (Å²) in [5, 5.41) is 1.36. The van der Waals surface area contributed by atoms with Crippen molar-refractivity contribution >= 4 is 19.6 Å². The SMILES string of the molecule is C/C=C/CC(=C=Nc1ccccc1)[Si](C)(C)C. The molecule has 0 amide bonds. The van der Waals surface area contributed by atoms with Gasteiger partial charge in [-0.1, -0.05) is 50.0 Å². The minimum absolute atomic E-state index is 0.975. The van der Waals surface area contributed by atoms with Gasteiger partial charge in [-0.15, -0.1) is 0 Å². The Kier molecular flexibility index (Phi) is 5.14. The molecule has 0 aliphatic rings. The van der Waals surface area contributed by atoms with Gasteiger partial charge in [0.2, 0.25) is 0 Å². The molecule has 0 unspecified atom stereocenters. The van der Waals surface area contributed by atoms with Crippen LogP contribution in [0.25, 0.3) is 0 Å². The van der Waals surface area contributed by atoms with E-state index < -0.39 is 8.07 Å². The van der Waals surface area contributed by atoms with E-state index in [4.69, 9.17) is 0 Å². The number of hydrogen-bond donors (Lipinski definition) is 0. The van der Waals surface area contributed by atoms with Crippen molar-refractivity contribution in [3.8, 4) is 0 Å². The van der Waals surface area contributed by atoms with Crippen molar-refractivity contribution in [2.24, 2.45) is 4.99 Å². The minimum atomic E-state index is -1.32. The molecular formula is C15H21NSi. The average Bonchev–Trinajstić information content (AvgIpc) is 2.29. The second kappa shape index (κ2) is 6.38. The molecule has 1 nitrogen and oxygen atoms in total. The third-order valence-electron chi connectivity index (χ3n) is 2.54. The van der Waals surface area contributed by atoms with Gasteiger partial charge in [0.05, 0.1) is 13.8 Å². The fourth-order valence-corrected chi connectivity index (χ4v) is 2.51. The van der Waals surface area contributed by atoms with E-state index in [2.05, 4.69) is 49.6 Å². The molecule has 0 atom stereocenters. The molecule has 0 bridgehead atoms.